The van der Waals surface area contributed by atoms with Crippen molar-refractivity contribution >= 4 is 23.6 Å². The molecule has 37 heavy (non-hydrogen) atoms. The molecule has 1 saturated carbocycles. The number of hydrogen-bond acceptors (Lipinski definition) is 4. The Kier molecular flexibility index (Phi) is 7.26. The molecule has 0 unspecified atom stereocenters. The van der Waals surface area contributed by atoms with E-state index >= 15 is 0 Å². The van der Waals surface area contributed by atoms with Crippen LogP contribution in [0.15, 0.2) is 72.8 Å². The Hall–Kier alpha value is -4.06. The van der Waals surface area contributed by atoms with Gasteiger partial charge in [-0.1, -0.05) is 61.7 Å². The van der Waals surface area contributed by atoms with Gasteiger partial charge in [0.05, 0.1) is 5.41 Å². The van der Waals surface area contributed by atoms with Crippen molar-refractivity contribution < 1.29 is 24.2 Å². The highest BCUT2D eigenvalue weighted by Gasteiger charge is 2.39. The fraction of sp³-hybridized carbons (Fsp3) is 0.290. The molecular weight excluding hydrogens is 466 g/mol. The van der Waals surface area contributed by atoms with Crippen molar-refractivity contribution in [2.75, 3.05) is 18.5 Å². The Morgan fingerprint density at radius 2 is 1.59 bits per heavy atom. The van der Waals surface area contributed by atoms with Crippen LogP contribution in [0.2, 0.25) is 0 Å². The van der Waals surface area contributed by atoms with E-state index in [2.05, 4.69) is 29.6 Å². The minimum atomic E-state index is -1.00. The van der Waals surface area contributed by atoms with Crippen LogP contribution in [-0.2, 0) is 16.0 Å². The third-order valence-electron chi connectivity index (χ3n) is 7.23. The normalized spacial score (nSPS) is 16.3. The number of benzene rings is 3. The molecule has 3 aromatic rings. The van der Waals surface area contributed by atoms with Crippen molar-refractivity contribution in [2.24, 2.45) is 5.41 Å². The van der Waals surface area contributed by atoms with Gasteiger partial charge in [0.25, 0.3) is 0 Å². The highest BCUT2D eigenvalue weighted by Crippen LogP contribution is 2.41. The van der Waals surface area contributed by atoms with E-state index in [9.17, 15) is 9.59 Å². The van der Waals surface area contributed by atoms with Gasteiger partial charge in [0.15, 0.2) is 11.5 Å². The predicted octanol–water partition coefficient (Wildman–Crippen LogP) is 6.35. The van der Waals surface area contributed by atoms with Crippen molar-refractivity contribution in [1.82, 2.24) is 0 Å². The molecule has 5 rings (SSSR count). The van der Waals surface area contributed by atoms with E-state index in [1.54, 1.807) is 6.07 Å². The zero-order valence-electron chi connectivity index (χ0n) is 20.7. The van der Waals surface area contributed by atoms with Crippen LogP contribution in [0.3, 0.4) is 0 Å². The van der Waals surface area contributed by atoms with E-state index in [0.29, 0.717) is 25.3 Å². The average Bonchev–Trinajstić information content (AvgIpc) is 2.93. The fourth-order valence-corrected chi connectivity index (χ4v) is 5.29. The predicted molar refractivity (Wildman–Crippen MR) is 144 cm³/mol. The molecule has 1 aliphatic heterocycles. The second kappa shape index (κ2) is 10.9. The maximum absolute atomic E-state index is 13.6. The monoisotopic (exact) mass is 497 g/mol. The second-order valence-corrected chi connectivity index (χ2v) is 9.82. The van der Waals surface area contributed by atoms with E-state index in [4.69, 9.17) is 14.6 Å². The zero-order valence-corrected chi connectivity index (χ0v) is 20.7. The lowest BCUT2D eigenvalue weighted by atomic mass is 9.69. The first-order chi connectivity index (χ1) is 18.0. The van der Waals surface area contributed by atoms with Crippen molar-refractivity contribution in [3.8, 4) is 22.6 Å². The van der Waals surface area contributed by atoms with Gasteiger partial charge in [-0.25, -0.2) is 4.79 Å². The number of fused-ring (bicyclic) bond motifs is 1. The SMILES string of the molecule is O=C(O)/C=C/c1cccc(NC(=O)C2(Cc3ccc(-c4ccc5c(c4)OCCO5)cc3)CCCCC2)c1. The maximum atomic E-state index is 13.6. The van der Waals surface area contributed by atoms with Crippen LogP contribution >= 0.6 is 0 Å². The van der Waals surface area contributed by atoms with Crippen LogP contribution in [-0.4, -0.2) is 30.2 Å². The first-order valence-corrected chi connectivity index (χ1v) is 12.8. The fourth-order valence-electron chi connectivity index (χ4n) is 5.29. The first-order valence-electron chi connectivity index (χ1n) is 12.8. The molecule has 3 aromatic carbocycles. The average molecular weight is 498 g/mol. The molecular formula is C31H31NO5. The molecule has 0 radical (unpaired) electrons. The number of aliphatic carboxylic acids is 1. The van der Waals surface area contributed by atoms with Gasteiger partial charge in [0.1, 0.15) is 13.2 Å². The highest BCUT2D eigenvalue weighted by atomic mass is 16.6. The Morgan fingerprint density at radius 3 is 2.35 bits per heavy atom. The number of carbonyl (C=O) groups is 2. The van der Waals surface area contributed by atoms with Crippen LogP contribution in [0.25, 0.3) is 17.2 Å². The number of hydrogen-bond donors (Lipinski definition) is 2. The quantitative estimate of drug-likeness (QED) is 0.371. The number of carboxylic acid groups (broad SMARTS) is 1. The molecule has 0 bridgehead atoms. The molecule has 0 aromatic heterocycles. The minimum absolute atomic E-state index is 0.0301. The van der Waals surface area contributed by atoms with E-state index in [1.165, 1.54) is 6.08 Å². The van der Waals surface area contributed by atoms with Gasteiger partial charge in [-0.3, -0.25) is 4.79 Å². The molecule has 190 valence electrons. The summed E-state index contributed by atoms with van der Waals surface area (Å²) in [5.41, 5.74) is 4.23. The number of amides is 1. The van der Waals surface area contributed by atoms with Gasteiger partial charge in [0.2, 0.25) is 5.91 Å². The molecule has 2 N–H and O–H groups in total. The lowest BCUT2D eigenvalue weighted by molar-refractivity contribution is -0.131. The lowest BCUT2D eigenvalue weighted by Crippen LogP contribution is -2.40. The third-order valence-corrected chi connectivity index (χ3v) is 7.23. The Morgan fingerprint density at radius 1 is 0.865 bits per heavy atom. The standard InChI is InChI=1S/C31H31NO5/c33-29(34)14-9-22-5-4-6-26(19-22)32-30(35)31(15-2-1-3-16-31)21-23-7-10-24(11-8-23)25-12-13-27-28(20-25)37-18-17-36-27/h4-14,19-20H,1-3,15-18,21H2,(H,32,35)(H,33,34)/b14-9+. The number of carbonyl (C=O) groups excluding carboxylic acids is 1. The van der Waals surface area contributed by atoms with Gasteiger partial charge in [-0.2, -0.15) is 0 Å². The summed E-state index contributed by atoms with van der Waals surface area (Å²) in [7, 11) is 0. The summed E-state index contributed by atoms with van der Waals surface area (Å²) in [6.07, 6.45) is 8.21. The summed E-state index contributed by atoms with van der Waals surface area (Å²) in [6, 6.07) is 21.7. The smallest absolute Gasteiger partial charge is 0.328 e. The van der Waals surface area contributed by atoms with Crippen LogP contribution < -0.4 is 14.8 Å². The number of anilines is 1. The summed E-state index contributed by atoms with van der Waals surface area (Å²) in [6.45, 7) is 1.13. The van der Waals surface area contributed by atoms with Crippen LogP contribution in [0.1, 0.15) is 43.2 Å². The Balaban J connectivity index is 1.32. The molecule has 1 amide bonds. The lowest BCUT2D eigenvalue weighted by Gasteiger charge is -2.36. The van der Waals surface area contributed by atoms with Gasteiger partial charge >= 0.3 is 5.97 Å². The number of carboxylic acids is 1. The van der Waals surface area contributed by atoms with Crippen LogP contribution in [0.5, 0.6) is 11.5 Å². The van der Waals surface area contributed by atoms with Crippen molar-refractivity contribution in [3.05, 3.63) is 83.9 Å². The number of nitrogens with one attached hydrogen (secondary N) is 1. The maximum Gasteiger partial charge on any atom is 0.328 e. The molecule has 0 spiro atoms. The van der Waals surface area contributed by atoms with E-state index in [0.717, 1.165) is 71.9 Å². The summed E-state index contributed by atoms with van der Waals surface area (Å²) < 4.78 is 11.4. The molecule has 1 fully saturated rings. The van der Waals surface area contributed by atoms with Crippen molar-refractivity contribution in [3.63, 3.8) is 0 Å². The number of ether oxygens (including phenoxy) is 2. The van der Waals surface area contributed by atoms with E-state index in [-0.39, 0.29) is 5.91 Å². The molecule has 0 saturated heterocycles. The largest absolute Gasteiger partial charge is 0.486 e. The van der Waals surface area contributed by atoms with Gasteiger partial charge in [-0.05, 0) is 71.9 Å². The molecule has 1 aliphatic carbocycles. The first kappa shape index (κ1) is 24.6. The van der Waals surface area contributed by atoms with Gasteiger partial charge in [0, 0.05) is 11.8 Å². The molecule has 0 atom stereocenters. The van der Waals surface area contributed by atoms with Crippen molar-refractivity contribution in [2.45, 2.75) is 38.5 Å². The molecule has 1 heterocycles. The van der Waals surface area contributed by atoms with Crippen LogP contribution in [0, 0.1) is 5.41 Å². The zero-order chi connectivity index (χ0) is 25.7. The van der Waals surface area contributed by atoms with Gasteiger partial charge in [-0.15, -0.1) is 0 Å². The van der Waals surface area contributed by atoms with E-state index < -0.39 is 11.4 Å². The second-order valence-electron chi connectivity index (χ2n) is 9.82. The Labute approximate surface area is 216 Å². The van der Waals surface area contributed by atoms with Crippen molar-refractivity contribution in [1.29, 1.82) is 0 Å². The van der Waals surface area contributed by atoms with Crippen LogP contribution in [0.4, 0.5) is 5.69 Å². The third kappa shape index (κ3) is 5.85. The minimum Gasteiger partial charge on any atom is -0.486 e. The Bertz CT molecular complexity index is 1310. The summed E-state index contributed by atoms with van der Waals surface area (Å²) in [4.78, 5) is 24.5. The van der Waals surface area contributed by atoms with Gasteiger partial charge < -0.3 is 19.9 Å². The number of rotatable bonds is 7. The van der Waals surface area contributed by atoms with E-state index in [1.807, 2.05) is 36.4 Å². The summed E-state index contributed by atoms with van der Waals surface area (Å²) >= 11 is 0. The summed E-state index contributed by atoms with van der Waals surface area (Å²) in [5.74, 6) is 0.576. The summed E-state index contributed by atoms with van der Waals surface area (Å²) in [5, 5.41) is 12.0. The topological polar surface area (TPSA) is 84.9 Å². The molecule has 6 nitrogen and oxygen atoms in total. The highest BCUT2D eigenvalue weighted by molar-refractivity contribution is 5.96. The molecule has 2 aliphatic rings. The molecule has 6 heteroatoms.